The van der Waals surface area contributed by atoms with Crippen molar-refractivity contribution in [1.82, 2.24) is 0 Å². The van der Waals surface area contributed by atoms with Gasteiger partial charge in [-0.3, -0.25) is 0 Å². The smallest absolute Gasteiger partial charge is 0.153 e. The van der Waals surface area contributed by atoms with E-state index >= 15 is 0 Å². The van der Waals surface area contributed by atoms with Crippen LogP contribution < -0.4 is 10.6 Å². The molecule has 2 N–H and O–H groups in total. The van der Waals surface area contributed by atoms with Gasteiger partial charge in [-0.25, -0.2) is 8.42 Å². The summed E-state index contributed by atoms with van der Waals surface area (Å²) < 4.78 is 23.9. The summed E-state index contributed by atoms with van der Waals surface area (Å²) in [4.78, 5) is 2.11. The molecule has 1 unspecified atom stereocenters. The van der Waals surface area contributed by atoms with Crippen molar-refractivity contribution < 1.29 is 8.42 Å². The number of halogens is 1. The molecule has 0 spiro atoms. The van der Waals surface area contributed by atoms with Crippen LogP contribution in [0.5, 0.6) is 0 Å². The van der Waals surface area contributed by atoms with Crippen molar-refractivity contribution in [2.45, 2.75) is 19.4 Å². The van der Waals surface area contributed by atoms with Crippen molar-refractivity contribution in [3.63, 3.8) is 0 Å². The fourth-order valence-corrected chi connectivity index (χ4v) is 4.14. The summed E-state index contributed by atoms with van der Waals surface area (Å²) in [6.45, 7) is 3.11. The van der Waals surface area contributed by atoms with E-state index in [0.717, 1.165) is 16.6 Å². The standard InChI is InChI=1S/C13H19BrN2O2S/c1-10(15)8-11-2-3-13(12(14)9-11)16-4-6-19(17,18)7-5-16/h2-3,9-10H,4-8,15H2,1H3. The maximum Gasteiger partial charge on any atom is 0.153 e. The van der Waals surface area contributed by atoms with Crippen LogP contribution in [-0.2, 0) is 16.3 Å². The van der Waals surface area contributed by atoms with Crippen LogP contribution in [0, 0.1) is 0 Å². The van der Waals surface area contributed by atoms with Crippen LogP contribution >= 0.6 is 15.9 Å². The molecule has 0 bridgehead atoms. The highest BCUT2D eigenvalue weighted by atomic mass is 79.9. The molecular weight excluding hydrogens is 328 g/mol. The molecule has 1 heterocycles. The highest BCUT2D eigenvalue weighted by Gasteiger charge is 2.22. The fourth-order valence-electron chi connectivity index (χ4n) is 2.26. The fraction of sp³-hybridized carbons (Fsp3) is 0.538. The monoisotopic (exact) mass is 346 g/mol. The zero-order valence-electron chi connectivity index (χ0n) is 11.0. The maximum absolute atomic E-state index is 11.4. The molecule has 1 aliphatic heterocycles. The van der Waals surface area contributed by atoms with E-state index in [1.165, 1.54) is 5.56 Å². The largest absolute Gasteiger partial charge is 0.369 e. The second kappa shape index (κ2) is 5.81. The highest BCUT2D eigenvalue weighted by molar-refractivity contribution is 9.10. The van der Waals surface area contributed by atoms with Crippen molar-refractivity contribution in [2.24, 2.45) is 5.73 Å². The lowest BCUT2D eigenvalue weighted by Crippen LogP contribution is -2.40. The normalized spacial score (nSPS) is 20.3. The van der Waals surface area contributed by atoms with Crippen LogP contribution in [0.1, 0.15) is 12.5 Å². The minimum Gasteiger partial charge on any atom is -0.369 e. The van der Waals surface area contributed by atoms with Crippen LogP contribution in [0.4, 0.5) is 5.69 Å². The molecule has 0 aliphatic carbocycles. The zero-order valence-corrected chi connectivity index (χ0v) is 13.4. The van der Waals surface area contributed by atoms with Gasteiger partial charge < -0.3 is 10.6 Å². The molecular formula is C13H19BrN2O2S. The summed E-state index contributed by atoms with van der Waals surface area (Å²) in [6.07, 6.45) is 0.841. The van der Waals surface area contributed by atoms with Crippen LogP contribution in [0.3, 0.4) is 0 Å². The van der Waals surface area contributed by atoms with E-state index in [1.54, 1.807) is 0 Å². The first-order valence-corrected chi connectivity index (χ1v) is 8.98. The summed E-state index contributed by atoms with van der Waals surface area (Å²) in [5.74, 6) is 0.474. The van der Waals surface area contributed by atoms with Gasteiger partial charge in [0.2, 0.25) is 0 Å². The topological polar surface area (TPSA) is 63.4 Å². The molecule has 6 heteroatoms. The first-order chi connectivity index (χ1) is 8.87. The van der Waals surface area contributed by atoms with Crippen molar-refractivity contribution in [3.05, 3.63) is 28.2 Å². The van der Waals surface area contributed by atoms with E-state index in [-0.39, 0.29) is 17.5 Å². The molecule has 106 valence electrons. The summed E-state index contributed by atoms with van der Waals surface area (Å²) in [5, 5.41) is 0. The van der Waals surface area contributed by atoms with Crippen LogP contribution in [-0.4, -0.2) is 39.1 Å². The van der Waals surface area contributed by atoms with Crippen LogP contribution in [0.2, 0.25) is 0 Å². The van der Waals surface area contributed by atoms with Gasteiger partial charge in [0, 0.05) is 23.6 Å². The number of sulfone groups is 1. The number of benzene rings is 1. The van der Waals surface area contributed by atoms with E-state index in [4.69, 9.17) is 5.73 Å². The molecule has 2 rings (SSSR count). The third-order valence-electron chi connectivity index (χ3n) is 3.25. The van der Waals surface area contributed by atoms with Crippen molar-refractivity contribution >= 4 is 31.5 Å². The van der Waals surface area contributed by atoms with Gasteiger partial charge in [-0.05, 0) is 47.0 Å². The molecule has 0 saturated carbocycles. The van der Waals surface area contributed by atoms with E-state index in [2.05, 4.69) is 33.0 Å². The van der Waals surface area contributed by atoms with Crippen LogP contribution in [0.25, 0.3) is 0 Å². The van der Waals surface area contributed by atoms with E-state index in [1.807, 2.05) is 13.0 Å². The van der Waals surface area contributed by atoms with Crippen LogP contribution in [0.15, 0.2) is 22.7 Å². The quantitative estimate of drug-likeness (QED) is 0.902. The Morgan fingerprint density at radius 3 is 2.53 bits per heavy atom. The summed E-state index contributed by atoms with van der Waals surface area (Å²) in [5.41, 5.74) is 8.04. The summed E-state index contributed by atoms with van der Waals surface area (Å²) in [7, 11) is -2.83. The highest BCUT2D eigenvalue weighted by Crippen LogP contribution is 2.28. The Morgan fingerprint density at radius 2 is 2.00 bits per heavy atom. The van der Waals surface area contributed by atoms with Gasteiger partial charge in [-0.1, -0.05) is 6.07 Å². The minimum absolute atomic E-state index is 0.137. The second-order valence-corrected chi connectivity index (χ2v) is 8.26. The SMILES string of the molecule is CC(N)Cc1ccc(N2CCS(=O)(=O)CC2)c(Br)c1. The van der Waals surface area contributed by atoms with E-state index < -0.39 is 9.84 Å². The predicted molar refractivity (Wildman–Crippen MR) is 82.4 cm³/mol. The molecule has 1 saturated heterocycles. The van der Waals surface area contributed by atoms with Gasteiger partial charge in [0.15, 0.2) is 9.84 Å². The number of rotatable bonds is 3. The first kappa shape index (κ1) is 14.8. The Labute approximate surface area is 123 Å². The Morgan fingerprint density at radius 1 is 1.37 bits per heavy atom. The first-order valence-electron chi connectivity index (χ1n) is 6.37. The number of nitrogens with zero attached hydrogens (tertiary/aromatic N) is 1. The summed E-state index contributed by atoms with van der Waals surface area (Å²) >= 11 is 3.57. The Bertz CT molecular complexity index is 544. The average molecular weight is 347 g/mol. The minimum atomic E-state index is -2.83. The van der Waals surface area contributed by atoms with Gasteiger partial charge in [0.1, 0.15) is 0 Å². The molecule has 0 radical (unpaired) electrons. The van der Waals surface area contributed by atoms with Gasteiger partial charge >= 0.3 is 0 Å². The molecule has 1 fully saturated rings. The van der Waals surface area contributed by atoms with E-state index in [0.29, 0.717) is 13.1 Å². The maximum atomic E-state index is 11.4. The molecule has 19 heavy (non-hydrogen) atoms. The Balaban J connectivity index is 2.13. The third kappa shape index (κ3) is 3.94. The van der Waals surface area contributed by atoms with E-state index in [9.17, 15) is 8.42 Å². The average Bonchev–Trinajstić information content (AvgIpc) is 2.29. The summed E-state index contributed by atoms with van der Waals surface area (Å²) in [6, 6.07) is 6.31. The third-order valence-corrected chi connectivity index (χ3v) is 5.50. The molecule has 4 nitrogen and oxygen atoms in total. The second-order valence-electron chi connectivity index (χ2n) is 5.11. The number of nitrogens with two attached hydrogens (primary N) is 1. The lowest BCUT2D eigenvalue weighted by Gasteiger charge is -2.29. The Kier molecular flexibility index (Phi) is 4.53. The molecule has 0 amide bonds. The van der Waals surface area contributed by atoms with Gasteiger partial charge in [-0.2, -0.15) is 0 Å². The lowest BCUT2D eigenvalue weighted by molar-refractivity contribution is 0.586. The molecule has 1 aromatic rings. The van der Waals surface area contributed by atoms with Gasteiger partial charge in [-0.15, -0.1) is 0 Å². The van der Waals surface area contributed by atoms with Gasteiger partial charge in [0.05, 0.1) is 17.2 Å². The number of hydrogen-bond acceptors (Lipinski definition) is 4. The van der Waals surface area contributed by atoms with Crippen molar-refractivity contribution in [3.8, 4) is 0 Å². The van der Waals surface area contributed by atoms with Crippen molar-refractivity contribution in [2.75, 3.05) is 29.5 Å². The lowest BCUT2D eigenvalue weighted by atomic mass is 10.1. The molecule has 1 aromatic carbocycles. The number of anilines is 1. The van der Waals surface area contributed by atoms with Crippen molar-refractivity contribution in [1.29, 1.82) is 0 Å². The number of hydrogen-bond donors (Lipinski definition) is 1. The zero-order chi connectivity index (χ0) is 14.0. The molecule has 0 aromatic heterocycles. The Hall–Kier alpha value is -0.590. The molecule has 1 aliphatic rings. The molecule has 1 atom stereocenters. The predicted octanol–water partition coefficient (Wildman–Crippen LogP) is 1.57. The van der Waals surface area contributed by atoms with Gasteiger partial charge in [0.25, 0.3) is 0 Å².